The van der Waals surface area contributed by atoms with Crippen LogP contribution in [0.25, 0.3) is 22.1 Å². The molecular weight excluding hydrogens is 392 g/mol. The van der Waals surface area contributed by atoms with E-state index in [4.69, 9.17) is 4.98 Å². The Morgan fingerprint density at radius 3 is 2.77 bits per heavy atom. The average molecular weight is 419 g/mol. The molecule has 0 bridgehead atoms. The summed E-state index contributed by atoms with van der Waals surface area (Å²) in [7, 11) is 1.75. The molecule has 160 valence electrons. The maximum absolute atomic E-state index is 13.0. The first-order chi connectivity index (χ1) is 14.8. The van der Waals surface area contributed by atoms with Crippen molar-refractivity contribution in [1.82, 2.24) is 24.1 Å². The lowest BCUT2D eigenvalue weighted by Gasteiger charge is -2.33. The van der Waals surface area contributed by atoms with Crippen LogP contribution < -0.4 is 11.0 Å². The average Bonchev–Trinajstić information content (AvgIpc) is 2.99. The lowest BCUT2D eigenvalue weighted by molar-refractivity contribution is 0.00991. The van der Waals surface area contributed by atoms with Gasteiger partial charge in [0, 0.05) is 30.4 Å². The Morgan fingerprint density at radius 1 is 1.23 bits per heavy atom. The van der Waals surface area contributed by atoms with Gasteiger partial charge < -0.3 is 10.4 Å². The molecule has 0 amide bonds. The SMILES string of the molecule is Cc1cc2ncccc2cc1Nc1ncc2c(n1)n([C@H]1CC[C@](C)(O)CC1)c(=O)n2C. The Balaban J connectivity index is 1.54. The van der Waals surface area contributed by atoms with E-state index < -0.39 is 5.60 Å². The largest absolute Gasteiger partial charge is 0.390 e. The Bertz CT molecular complexity index is 1340. The molecule has 8 heteroatoms. The first-order valence-electron chi connectivity index (χ1n) is 10.6. The molecule has 1 aliphatic carbocycles. The van der Waals surface area contributed by atoms with E-state index in [-0.39, 0.29) is 11.7 Å². The van der Waals surface area contributed by atoms with E-state index >= 15 is 0 Å². The van der Waals surface area contributed by atoms with Crippen LogP contribution in [0.1, 0.15) is 44.2 Å². The van der Waals surface area contributed by atoms with Gasteiger partial charge in [-0.1, -0.05) is 6.07 Å². The van der Waals surface area contributed by atoms with Crippen molar-refractivity contribution in [2.24, 2.45) is 7.05 Å². The third-order valence-electron chi connectivity index (χ3n) is 6.43. The van der Waals surface area contributed by atoms with Crippen molar-refractivity contribution in [2.75, 3.05) is 5.32 Å². The molecule has 0 spiro atoms. The Labute approximate surface area is 179 Å². The molecule has 31 heavy (non-hydrogen) atoms. The highest BCUT2D eigenvalue weighted by atomic mass is 16.3. The lowest BCUT2D eigenvalue weighted by Crippen LogP contribution is -2.35. The highest BCUT2D eigenvalue weighted by Crippen LogP contribution is 2.35. The number of aromatic nitrogens is 5. The summed E-state index contributed by atoms with van der Waals surface area (Å²) in [6, 6.07) is 8.01. The standard InChI is InChI=1S/C23H26N6O2/c1-14-11-18-15(5-4-10-24-18)12-17(14)26-21-25-13-19-20(27-21)29(22(30)28(19)3)16-6-8-23(2,31)9-7-16/h4-5,10-13,16,31H,6-9H2,1-3H3,(H,25,26,27)/t16-,23-. The minimum Gasteiger partial charge on any atom is -0.390 e. The second-order valence-corrected chi connectivity index (χ2v) is 8.83. The number of nitrogens with one attached hydrogen (secondary N) is 1. The van der Waals surface area contributed by atoms with Gasteiger partial charge in [-0.25, -0.2) is 9.78 Å². The van der Waals surface area contributed by atoms with Gasteiger partial charge in [0.1, 0.15) is 5.52 Å². The number of imidazole rings is 1. The third kappa shape index (κ3) is 3.46. The van der Waals surface area contributed by atoms with Crippen molar-refractivity contribution in [3.63, 3.8) is 0 Å². The molecule has 0 radical (unpaired) electrons. The summed E-state index contributed by atoms with van der Waals surface area (Å²) in [5, 5.41) is 14.6. The molecule has 0 unspecified atom stereocenters. The molecule has 3 heterocycles. The first kappa shape index (κ1) is 19.7. The fraction of sp³-hybridized carbons (Fsp3) is 0.391. The second-order valence-electron chi connectivity index (χ2n) is 8.83. The Morgan fingerprint density at radius 2 is 2.00 bits per heavy atom. The highest BCUT2D eigenvalue weighted by Gasteiger charge is 2.31. The zero-order valence-corrected chi connectivity index (χ0v) is 18.0. The van der Waals surface area contributed by atoms with Gasteiger partial charge in [-0.15, -0.1) is 0 Å². The number of hydrogen-bond donors (Lipinski definition) is 2. The predicted octanol–water partition coefficient (Wildman–Crippen LogP) is 3.60. The van der Waals surface area contributed by atoms with Crippen LogP contribution in [-0.4, -0.2) is 34.8 Å². The maximum atomic E-state index is 13.0. The molecule has 2 N–H and O–H groups in total. The van der Waals surface area contributed by atoms with E-state index in [1.165, 1.54) is 0 Å². The van der Waals surface area contributed by atoms with Crippen LogP contribution in [0.15, 0.2) is 41.5 Å². The van der Waals surface area contributed by atoms with Gasteiger partial charge in [0.05, 0.1) is 17.3 Å². The number of nitrogens with zero attached hydrogens (tertiary/aromatic N) is 5. The summed E-state index contributed by atoms with van der Waals surface area (Å²) < 4.78 is 3.37. The van der Waals surface area contributed by atoms with Gasteiger partial charge >= 0.3 is 5.69 Å². The Hall–Kier alpha value is -3.26. The maximum Gasteiger partial charge on any atom is 0.330 e. The number of aliphatic hydroxyl groups is 1. The number of hydrogen-bond acceptors (Lipinski definition) is 6. The van der Waals surface area contributed by atoms with E-state index in [0.717, 1.165) is 35.0 Å². The fourth-order valence-corrected chi connectivity index (χ4v) is 4.49. The second kappa shape index (κ2) is 7.16. The zero-order chi connectivity index (χ0) is 21.8. The fourth-order valence-electron chi connectivity index (χ4n) is 4.49. The van der Waals surface area contributed by atoms with Crippen molar-refractivity contribution < 1.29 is 5.11 Å². The van der Waals surface area contributed by atoms with E-state index in [1.54, 1.807) is 28.6 Å². The minimum atomic E-state index is -0.658. The van der Waals surface area contributed by atoms with E-state index in [0.29, 0.717) is 30.0 Å². The number of pyridine rings is 1. The van der Waals surface area contributed by atoms with Crippen molar-refractivity contribution >= 4 is 33.7 Å². The van der Waals surface area contributed by atoms with Crippen molar-refractivity contribution in [3.8, 4) is 0 Å². The summed E-state index contributed by atoms with van der Waals surface area (Å²) in [5.74, 6) is 0.445. The summed E-state index contributed by atoms with van der Waals surface area (Å²) >= 11 is 0. The molecule has 1 saturated carbocycles. The molecule has 1 aromatic carbocycles. The summed E-state index contributed by atoms with van der Waals surface area (Å²) in [4.78, 5) is 26.6. The molecule has 1 fully saturated rings. The molecule has 3 aromatic heterocycles. The Kier molecular flexibility index (Phi) is 4.55. The molecule has 0 aliphatic heterocycles. The topological polar surface area (TPSA) is 97.9 Å². The van der Waals surface area contributed by atoms with E-state index in [9.17, 15) is 9.90 Å². The van der Waals surface area contributed by atoms with Crippen LogP contribution in [-0.2, 0) is 7.05 Å². The van der Waals surface area contributed by atoms with Crippen molar-refractivity contribution in [2.45, 2.75) is 51.2 Å². The molecular formula is C23H26N6O2. The zero-order valence-electron chi connectivity index (χ0n) is 18.0. The lowest BCUT2D eigenvalue weighted by atomic mass is 9.83. The third-order valence-corrected chi connectivity index (χ3v) is 6.43. The van der Waals surface area contributed by atoms with Crippen LogP contribution in [0, 0.1) is 6.92 Å². The van der Waals surface area contributed by atoms with Gasteiger partial charge in [0.25, 0.3) is 0 Å². The van der Waals surface area contributed by atoms with Crippen molar-refractivity contribution in [3.05, 3.63) is 52.7 Å². The van der Waals surface area contributed by atoms with Gasteiger partial charge in [-0.05, 0) is 63.3 Å². The van der Waals surface area contributed by atoms with Crippen LogP contribution in [0.5, 0.6) is 0 Å². The van der Waals surface area contributed by atoms with E-state index in [1.807, 2.05) is 38.1 Å². The molecule has 1 aliphatic rings. The van der Waals surface area contributed by atoms with Crippen LogP contribution >= 0.6 is 0 Å². The monoisotopic (exact) mass is 418 g/mol. The summed E-state index contributed by atoms with van der Waals surface area (Å²) in [6.07, 6.45) is 6.30. The molecule has 8 nitrogen and oxygen atoms in total. The van der Waals surface area contributed by atoms with Crippen LogP contribution in [0.2, 0.25) is 0 Å². The predicted molar refractivity (Wildman–Crippen MR) is 121 cm³/mol. The first-order valence-corrected chi connectivity index (χ1v) is 10.6. The van der Waals surface area contributed by atoms with Gasteiger partial charge in [0.2, 0.25) is 5.95 Å². The van der Waals surface area contributed by atoms with Crippen molar-refractivity contribution in [1.29, 1.82) is 0 Å². The number of aryl methyl sites for hydroxylation is 2. The van der Waals surface area contributed by atoms with Gasteiger partial charge in [-0.3, -0.25) is 14.1 Å². The number of anilines is 2. The van der Waals surface area contributed by atoms with Gasteiger partial charge in [0.15, 0.2) is 5.65 Å². The normalized spacial score (nSPS) is 21.6. The van der Waals surface area contributed by atoms with E-state index in [2.05, 4.69) is 15.3 Å². The van der Waals surface area contributed by atoms with Gasteiger partial charge in [-0.2, -0.15) is 4.98 Å². The molecule has 4 aromatic rings. The molecule has 0 saturated heterocycles. The molecule has 0 atom stereocenters. The van der Waals surface area contributed by atoms with Crippen LogP contribution in [0.4, 0.5) is 11.6 Å². The smallest absolute Gasteiger partial charge is 0.330 e. The summed E-state index contributed by atoms with van der Waals surface area (Å²) in [6.45, 7) is 3.88. The number of benzene rings is 1. The minimum absolute atomic E-state index is 0.0210. The highest BCUT2D eigenvalue weighted by molar-refractivity contribution is 5.85. The quantitative estimate of drug-likeness (QED) is 0.528. The number of fused-ring (bicyclic) bond motifs is 2. The summed E-state index contributed by atoms with van der Waals surface area (Å²) in [5.41, 5.74) is 3.44. The molecule has 5 rings (SSSR count). The number of rotatable bonds is 3. The van der Waals surface area contributed by atoms with Crippen LogP contribution in [0.3, 0.4) is 0 Å².